The number of hydrogen-bond acceptors (Lipinski definition) is 6. The lowest BCUT2D eigenvalue weighted by atomic mass is 9.44. The van der Waals surface area contributed by atoms with Gasteiger partial charge in [-0.2, -0.15) is 0 Å². The first-order valence-electron chi connectivity index (χ1n) is 18.9. The van der Waals surface area contributed by atoms with E-state index in [1.54, 1.807) is 0 Å². The minimum atomic E-state index is -4.14. The molecule has 0 radical (unpaired) electrons. The van der Waals surface area contributed by atoms with E-state index >= 15 is 0 Å². The van der Waals surface area contributed by atoms with Gasteiger partial charge < -0.3 is 24.9 Å². The summed E-state index contributed by atoms with van der Waals surface area (Å²) in [5.41, 5.74) is 0.852. The van der Waals surface area contributed by atoms with Gasteiger partial charge in [0.25, 0.3) is 0 Å². The predicted octanol–water partition coefficient (Wildman–Crippen LogP) is 8.50. The topological polar surface area (TPSA) is 124 Å². The van der Waals surface area contributed by atoms with Crippen molar-refractivity contribution in [3.8, 4) is 0 Å². The van der Waals surface area contributed by atoms with Crippen molar-refractivity contribution in [2.75, 3.05) is 47.4 Å². The molecule has 0 bridgehead atoms. The highest BCUT2D eigenvalue weighted by Gasteiger charge is 2.60. The average Bonchev–Trinajstić information content (AvgIpc) is 3.32. The molecular weight excluding hydrogens is 615 g/mol. The number of nitrogens with one attached hydrogen (secondary N) is 1. The second-order valence-corrected chi connectivity index (χ2v) is 19.2. The van der Waals surface area contributed by atoms with Gasteiger partial charge in [-0.25, -0.2) is 9.36 Å². The summed E-state index contributed by atoms with van der Waals surface area (Å²) in [4.78, 5) is 22.5. The monoisotopic (exact) mass is 686 g/mol. The quantitative estimate of drug-likeness (QED) is 0.101. The van der Waals surface area contributed by atoms with Crippen molar-refractivity contribution in [3.05, 3.63) is 0 Å². The molecular formula is C37H71N2O7P. The van der Waals surface area contributed by atoms with E-state index in [1.807, 2.05) is 21.1 Å². The number of phosphoric acid groups is 1. The first-order chi connectivity index (χ1) is 21.5. The van der Waals surface area contributed by atoms with Gasteiger partial charge in [-0.05, 0) is 122 Å². The third-order valence-electron chi connectivity index (χ3n) is 13.8. The standard InChI is InChI=1S/C37H69N2O6P.H2O/c1-10-28(26(2)3)12-11-27(4)32-15-16-33-31-14-13-29-25-30(17-19-36(29,5)34(31)18-20-37(32,33)6)45-35(40)38-21-23-43-46(41,42)44-24-22-39(7,8)9;/h26-34H,10-25H2,1-9H3,(H-,38,40,41,42);1H2/t27-,28-,29+,30+,31+,32-,33+,34+,36+,37-;/m1./s1. The van der Waals surface area contributed by atoms with Crippen LogP contribution in [0.15, 0.2) is 0 Å². The molecule has 3 N–H and O–H groups in total. The van der Waals surface area contributed by atoms with Crippen molar-refractivity contribution in [2.45, 2.75) is 125 Å². The summed E-state index contributed by atoms with van der Waals surface area (Å²) in [7, 11) is 1.79. The van der Waals surface area contributed by atoms with Gasteiger partial charge in [0.05, 0.1) is 27.7 Å². The number of likely N-dealkylation sites (N-methyl/N-ethyl adjacent to an activating group) is 1. The molecule has 4 aliphatic carbocycles. The third kappa shape index (κ3) is 9.97. The van der Waals surface area contributed by atoms with Gasteiger partial charge >= 0.3 is 13.9 Å². The normalized spacial score (nSPS) is 36.2. The minimum Gasteiger partial charge on any atom is -0.870 e. The van der Waals surface area contributed by atoms with E-state index in [-0.39, 0.29) is 31.3 Å². The predicted molar refractivity (Wildman–Crippen MR) is 187 cm³/mol. The Morgan fingerprint density at radius 1 is 0.936 bits per heavy atom. The lowest BCUT2D eigenvalue weighted by molar-refractivity contribution is -0.870. The van der Waals surface area contributed by atoms with Crippen molar-refractivity contribution in [1.82, 2.24) is 5.32 Å². The summed E-state index contributed by atoms with van der Waals surface area (Å²) < 4.78 is 28.6. The van der Waals surface area contributed by atoms with Crippen LogP contribution in [0.4, 0.5) is 4.79 Å². The molecule has 10 heteroatoms. The van der Waals surface area contributed by atoms with Crippen LogP contribution in [0.5, 0.6) is 0 Å². The summed E-state index contributed by atoms with van der Waals surface area (Å²) in [6.07, 6.45) is 14.8. The largest absolute Gasteiger partial charge is 0.870 e. The first kappa shape index (κ1) is 40.7. The van der Waals surface area contributed by atoms with Crippen LogP contribution < -0.4 is 5.32 Å². The molecule has 276 valence electrons. The number of quaternary nitrogens is 1. The van der Waals surface area contributed by atoms with E-state index in [2.05, 4.69) is 46.9 Å². The zero-order valence-electron chi connectivity index (χ0n) is 31.3. The molecule has 0 aromatic rings. The summed E-state index contributed by atoms with van der Waals surface area (Å²) in [5, 5.41) is 2.70. The Kier molecular flexibility index (Phi) is 14.3. The molecule has 0 saturated heterocycles. The van der Waals surface area contributed by atoms with Crippen molar-refractivity contribution in [3.63, 3.8) is 0 Å². The average molecular weight is 687 g/mol. The third-order valence-corrected chi connectivity index (χ3v) is 14.8. The zero-order chi connectivity index (χ0) is 33.9. The minimum absolute atomic E-state index is 0. The molecule has 1 amide bonds. The van der Waals surface area contributed by atoms with Gasteiger partial charge in [0.15, 0.2) is 0 Å². The van der Waals surface area contributed by atoms with E-state index < -0.39 is 13.9 Å². The summed E-state index contributed by atoms with van der Waals surface area (Å²) in [6, 6.07) is 0. The van der Waals surface area contributed by atoms with Crippen molar-refractivity contribution >= 4 is 13.9 Å². The molecule has 0 aromatic carbocycles. The molecule has 9 nitrogen and oxygen atoms in total. The maximum absolute atomic E-state index is 12.6. The van der Waals surface area contributed by atoms with Gasteiger partial charge in [-0.15, -0.1) is 0 Å². The molecule has 47 heavy (non-hydrogen) atoms. The Labute approximate surface area is 287 Å². The van der Waals surface area contributed by atoms with Crippen LogP contribution in [0.3, 0.4) is 0 Å². The lowest BCUT2D eigenvalue weighted by Crippen LogP contribution is -2.54. The number of ether oxygens (including phenoxy) is 1. The number of alkyl carbamates (subject to hydrolysis) is 1. The van der Waals surface area contributed by atoms with Crippen LogP contribution in [0, 0.1) is 58.2 Å². The highest BCUT2D eigenvalue weighted by atomic mass is 31.2. The van der Waals surface area contributed by atoms with E-state index in [0.29, 0.717) is 27.8 Å². The highest BCUT2D eigenvalue weighted by molar-refractivity contribution is 7.47. The molecule has 0 aliphatic heterocycles. The van der Waals surface area contributed by atoms with Crippen molar-refractivity contribution in [2.24, 2.45) is 58.2 Å². The fourth-order valence-electron chi connectivity index (χ4n) is 11.0. The number of fused-ring (bicyclic) bond motifs is 5. The highest BCUT2D eigenvalue weighted by Crippen LogP contribution is 2.68. The van der Waals surface area contributed by atoms with Gasteiger partial charge in [-0.3, -0.25) is 9.05 Å². The number of rotatable bonds is 15. The number of hydrogen-bond donors (Lipinski definition) is 2. The van der Waals surface area contributed by atoms with E-state index in [9.17, 15) is 14.3 Å². The van der Waals surface area contributed by atoms with Crippen LogP contribution in [-0.4, -0.2) is 74.5 Å². The number of nitrogens with zero attached hydrogens (tertiary/aromatic N) is 1. The Morgan fingerprint density at radius 2 is 1.60 bits per heavy atom. The Hall–Kier alpha value is -0.700. The van der Waals surface area contributed by atoms with E-state index in [4.69, 9.17) is 13.8 Å². The second-order valence-electron chi connectivity index (χ2n) is 17.7. The Balaban J connectivity index is 0.00000600. The number of phosphoric ester groups is 1. The Bertz CT molecular complexity index is 1050. The van der Waals surface area contributed by atoms with Gasteiger partial charge in [0.1, 0.15) is 19.3 Å². The SMILES string of the molecule is CC[C@H](CC[C@@H](C)[C@H]1CC[C@H]2[C@@H]3CC[C@H]4C[C@@H](OC(=O)NCCOP(=O)(O)OCC[N+](C)(C)C)CC[C@]4(C)[C@H]3CC[C@]12C)C(C)C.[OH-]. The van der Waals surface area contributed by atoms with Gasteiger partial charge in [0, 0.05) is 6.54 Å². The lowest BCUT2D eigenvalue weighted by Gasteiger charge is -2.61. The van der Waals surface area contributed by atoms with Gasteiger partial charge in [0.2, 0.25) is 0 Å². The summed E-state index contributed by atoms with van der Waals surface area (Å²) >= 11 is 0. The number of amides is 1. The van der Waals surface area contributed by atoms with Crippen LogP contribution in [0.2, 0.25) is 0 Å². The molecule has 4 saturated carbocycles. The van der Waals surface area contributed by atoms with Gasteiger partial charge in [-0.1, -0.05) is 54.4 Å². The molecule has 4 aliphatic rings. The first-order valence-corrected chi connectivity index (χ1v) is 20.4. The molecule has 1 unspecified atom stereocenters. The van der Waals surface area contributed by atoms with Crippen molar-refractivity contribution < 1.29 is 38.0 Å². The van der Waals surface area contributed by atoms with E-state index in [0.717, 1.165) is 60.7 Å². The smallest absolute Gasteiger partial charge is 0.472 e. The second kappa shape index (κ2) is 16.5. The van der Waals surface area contributed by atoms with Crippen LogP contribution >= 0.6 is 7.82 Å². The fourth-order valence-corrected chi connectivity index (χ4v) is 11.7. The summed E-state index contributed by atoms with van der Waals surface area (Å²) in [5.74, 6) is 6.51. The molecule has 11 atom stereocenters. The molecule has 0 spiro atoms. The molecule has 0 heterocycles. The molecule has 0 aromatic heterocycles. The Morgan fingerprint density at radius 3 is 2.26 bits per heavy atom. The zero-order valence-corrected chi connectivity index (χ0v) is 32.2. The van der Waals surface area contributed by atoms with Crippen molar-refractivity contribution in [1.29, 1.82) is 0 Å². The number of carbonyl (C=O) groups excluding carboxylic acids is 1. The van der Waals surface area contributed by atoms with E-state index in [1.165, 1.54) is 57.8 Å². The molecule has 4 rings (SSSR count). The van der Waals surface area contributed by atoms with Crippen LogP contribution in [0.1, 0.15) is 119 Å². The summed E-state index contributed by atoms with van der Waals surface area (Å²) in [6.45, 7) is 15.7. The van der Waals surface area contributed by atoms with Crippen LogP contribution in [-0.2, 0) is 18.3 Å². The van der Waals surface area contributed by atoms with Crippen LogP contribution in [0.25, 0.3) is 0 Å². The molecule has 4 fully saturated rings. The maximum Gasteiger partial charge on any atom is 0.472 e. The fraction of sp³-hybridized carbons (Fsp3) is 0.973. The maximum atomic E-state index is 12.6. The number of carbonyl (C=O) groups is 1.